The van der Waals surface area contributed by atoms with Gasteiger partial charge in [-0.3, -0.25) is 14.6 Å². The number of likely N-dealkylation sites (tertiary alicyclic amines) is 1. The molecule has 7 nitrogen and oxygen atoms in total. The summed E-state index contributed by atoms with van der Waals surface area (Å²) in [7, 11) is 1.76. The van der Waals surface area contributed by atoms with Crippen molar-refractivity contribution < 1.29 is 14.3 Å². The standard InChI is InChI=1S/C23H34N4O3.HI/c1-3-30-22(29)20-10-7-14-27(17-20)23(24-2)25-13-6-11-21(28)26-15-12-18-8-4-5-9-19(18)16-26;/h4-5,8-9,20H,3,6-7,10-17H2,1-2H3,(H,24,25);1H. The first-order chi connectivity index (χ1) is 14.6. The minimum Gasteiger partial charge on any atom is -0.466 e. The summed E-state index contributed by atoms with van der Waals surface area (Å²) in [6.45, 7) is 5.96. The van der Waals surface area contributed by atoms with Gasteiger partial charge in [0.2, 0.25) is 5.91 Å². The molecule has 0 radical (unpaired) electrons. The fourth-order valence-electron chi connectivity index (χ4n) is 4.26. The zero-order chi connectivity index (χ0) is 21.3. The molecule has 1 amide bonds. The second kappa shape index (κ2) is 12.9. The first-order valence-corrected chi connectivity index (χ1v) is 11.1. The Hall–Kier alpha value is -1.84. The molecular weight excluding hydrogens is 507 g/mol. The van der Waals surface area contributed by atoms with Gasteiger partial charge in [0.1, 0.15) is 0 Å². The minimum atomic E-state index is -0.119. The number of aliphatic imine (C=N–C) groups is 1. The van der Waals surface area contributed by atoms with Crippen LogP contribution in [-0.2, 0) is 27.3 Å². The fraction of sp³-hybridized carbons (Fsp3) is 0.609. The predicted molar refractivity (Wildman–Crippen MR) is 133 cm³/mol. The first kappa shape index (κ1) is 25.4. The average Bonchev–Trinajstić information content (AvgIpc) is 2.79. The van der Waals surface area contributed by atoms with E-state index < -0.39 is 0 Å². The van der Waals surface area contributed by atoms with Crippen molar-refractivity contribution in [1.82, 2.24) is 15.1 Å². The van der Waals surface area contributed by atoms with Crippen LogP contribution in [0.4, 0.5) is 0 Å². The smallest absolute Gasteiger partial charge is 0.310 e. The maximum absolute atomic E-state index is 12.6. The molecule has 1 unspecified atom stereocenters. The van der Waals surface area contributed by atoms with Crippen LogP contribution in [0.25, 0.3) is 0 Å². The number of carbonyl (C=O) groups is 2. The highest BCUT2D eigenvalue weighted by atomic mass is 127. The Morgan fingerprint density at radius 2 is 1.97 bits per heavy atom. The van der Waals surface area contributed by atoms with E-state index in [4.69, 9.17) is 4.74 Å². The van der Waals surface area contributed by atoms with Crippen LogP contribution >= 0.6 is 24.0 Å². The molecule has 1 aromatic carbocycles. The molecular formula is C23H35IN4O3. The van der Waals surface area contributed by atoms with Crippen molar-refractivity contribution in [3.8, 4) is 0 Å². The number of piperidine rings is 1. The highest BCUT2D eigenvalue weighted by molar-refractivity contribution is 14.0. The lowest BCUT2D eigenvalue weighted by atomic mass is 9.98. The van der Waals surface area contributed by atoms with Gasteiger partial charge in [-0.2, -0.15) is 0 Å². The zero-order valence-electron chi connectivity index (χ0n) is 18.6. The van der Waals surface area contributed by atoms with Crippen LogP contribution in [-0.4, -0.2) is 67.5 Å². The summed E-state index contributed by atoms with van der Waals surface area (Å²) in [6.07, 6.45) is 4.02. The number of hydrogen-bond acceptors (Lipinski definition) is 4. The predicted octanol–water partition coefficient (Wildman–Crippen LogP) is 2.82. The summed E-state index contributed by atoms with van der Waals surface area (Å²) in [6, 6.07) is 8.36. The quantitative estimate of drug-likeness (QED) is 0.197. The number of fused-ring (bicyclic) bond motifs is 1. The Labute approximate surface area is 202 Å². The molecule has 0 spiro atoms. The Kier molecular flexibility index (Phi) is 10.6. The molecule has 8 heteroatoms. The van der Waals surface area contributed by atoms with Gasteiger partial charge in [0.05, 0.1) is 12.5 Å². The molecule has 1 N–H and O–H groups in total. The molecule has 1 atom stereocenters. The van der Waals surface area contributed by atoms with Gasteiger partial charge in [0.15, 0.2) is 5.96 Å². The molecule has 2 heterocycles. The van der Waals surface area contributed by atoms with E-state index in [0.717, 1.165) is 44.7 Å². The Balaban J connectivity index is 0.00000341. The molecule has 0 aromatic heterocycles. The Morgan fingerprint density at radius 1 is 1.19 bits per heavy atom. The van der Waals surface area contributed by atoms with Crippen LogP contribution in [0.5, 0.6) is 0 Å². The lowest BCUT2D eigenvalue weighted by molar-refractivity contribution is -0.149. The summed E-state index contributed by atoms with van der Waals surface area (Å²) < 4.78 is 5.18. The topological polar surface area (TPSA) is 74.2 Å². The number of rotatable bonds is 6. The molecule has 2 aliphatic heterocycles. The van der Waals surface area contributed by atoms with Crippen molar-refractivity contribution in [1.29, 1.82) is 0 Å². The molecule has 0 aliphatic carbocycles. The van der Waals surface area contributed by atoms with Crippen molar-refractivity contribution in [2.45, 2.75) is 45.6 Å². The van der Waals surface area contributed by atoms with E-state index >= 15 is 0 Å². The van der Waals surface area contributed by atoms with Crippen LogP contribution < -0.4 is 5.32 Å². The number of hydrogen-bond donors (Lipinski definition) is 1. The van der Waals surface area contributed by atoms with Crippen molar-refractivity contribution >= 4 is 41.8 Å². The lowest BCUT2D eigenvalue weighted by Gasteiger charge is -2.34. The van der Waals surface area contributed by atoms with E-state index in [9.17, 15) is 9.59 Å². The van der Waals surface area contributed by atoms with Crippen molar-refractivity contribution in [2.75, 3.05) is 39.8 Å². The summed E-state index contributed by atoms with van der Waals surface area (Å²) in [4.78, 5) is 33.1. The maximum atomic E-state index is 12.6. The molecule has 31 heavy (non-hydrogen) atoms. The number of halogens is 1. The molecule has 1 fully saturated rings. The van der Waals surface area contributed by atoms with Gasteiger partial charge in [0.25, 0.3) is 0 Å². The number of nitrogens with zero attached hydrogens (tertiary/aromatic N) is 3. The normalized spacial score (nSPS) is 18.6. The van der Waals surface area contributed by atoms with Gasteiger partial charge < -0.3 is 19.9 Å². The molecule has 172 valence electrons. The third kappa shape index (κ3) is 7.08. The summed E-state index contributed by atoms with van der Waals surface area (Å²) in [5, 5.41) is 3.36. The number of amides is 1. The molecule has 1 saturated heterocycles. The second-order valence-electron chi connectivity index (χ2n) is 7.95. The Bertz CT molecular complexity index is 771. The van der Waals surface area contributed by atoms with Gasteiger partial charge in [-0.05, 0) is 43.7 Å². The molecule has 3 rings (SSSR count). The molecule has 0 bridgehead atoms. The van der Waals surface area contributed by atoms with Gasteiger partial charge in [0, 0.05) is 46.2 Å². The molecule has 1 aromatic rings. The summed E-state index contributed by atoms with van der Waals surface area (Å²) in [5.41, 5.74) is 2.62. The van der Waals surface area contributed by atoms with Crippen molar-refractivity contribution in [3.63, 3.8) is 0 Å². The summed E-state index contributed by atoms with van der Waals surface area (Å²) in [5.74, 6) is 0.789. The zero-order valence-corrected chi connectivity index (χ0v) is 21.0. The third-order valence-corrected chi connectivity index (χ3v) is 5.89. The van der Waals surface area contributed by atoms with Gasteiger partial charge in [-0.25, -0.2) is 0 Å². The van der Waals surface area contributed by atoms with Crippen molar-refractivity contribution in [2.24, 2.45) is 10.9 Å². The number of guanidine groups is 1. The van der Waals surface area contributed by atoms with Crippen LogP contribution in [0.15, 0.2) is 29.3 Å². The highest BCUT2D eigenvalue weighted by Gasteiger charge is 2.28. The largest absolute Gasteiger partial charge is 0.466 e. The maximum Gasteiger partial charge on any atom is 0.310 e. The fourth-order valence-corrected chi connectivity index (χ4v) is 4.26. The van der Waals surface area contributed by atoms with E-state index in [0.29, 0.717) is 32.7 Å². The third-order valence-electron chi connectivity index (χ3n) is 5.89. The number of carbonyl (C=O) groups excluding carboxylic acids is 2. The number of benzene rings is 1. The van der Waals surface area contributed by atoms with Gasteiger partial charge in [-0.15, -0.1) is 24.0 Å². The molecule has 2 aliphatic rings. The van der Waals surface area contributed by atoms with E-state index in [-0.39, 0.29) is 41.8 Å². The number of nitrogens with one attached hydrogen (secondary N) is 1. The lowest BCUT2D eigenvalue weighted by Crippen LogP contribution is -2.48. The SMILES string of the molecule is CCOC(=O)C1CCCN(C(=NC)NCCCC(=O)N2CCc3ccccc3C2)C1.I. The van der Waals surface area contributed by atoms with E-state index in [1.807, 2.05) is 17.9 Å². The average molecular weight is 542 g/mol. The first-order valence-electron chi connectivity index (χ1n) is 11.1. The monoisotopic (exact) mass is 542 g/mol. The number of esters is 1. The van der Waals surface area contributed by atoms with Crippen molar-refractivity contribution in [3.05, 3.63) is 35.4 Å². The number of ether oxygens (including phenoxy) is 1. The van der Waals surface area contributed by atoms with Gasteiger partial charge >= 0.3 is 5.97 Å². The van der Waals surface area contributed by atoms with E-state index in [2.05, 4.69) is 33.4 Å². The van der Waals surface area contributed by atoms with Crippen LogP contribution in [0.1, 0.15) is 43.7 Å². The van der Waals surface area contributed by atoms with Crippen LogP contribution in [0.3, 0.4) is 0 Å². The molecule has 0 saturated carbocycles. The summed E-state index contributed by atoms with van der Waals surface area (Å²) >= 11 is 0. The van der Waals surface area contributed by atoms with Crippen LogP contribution in [0, 0.1) is 5.92 Å². The van der Waals surface area contributed by atoms with E-state index in [1.165, 1.54) is 11.1 Å². The second-order valence-corrected chi connectivity index (χ2v) is 7.95. The Morgan fingerprint density at radius 3 is 2.71 bits per heavy atom. The highest BCUT2D eigenvalue weighted by Crippen LogP contribution is 2.20. The van der Waals surface area contributed by atoms with Gasteiger partial charge in [-0.1, -0.05) is 24.3 Å². The van der Waals surface area contributed by atoms with Crippen LogP contribution in [0.2, 0.25) is 0 Å². The minimum absolute atomic E-state index is 0. The van der Waals surface area contributed by atoms with E-state index in [1.54, 1.807) is 7.05 Å².